The lowest BCUT2D eigenvalue weighted by Gasteiger charge is -2.30. The lowest BCUT2D eigenvalue weighted by Crippen LogP contribution is -2.34. The number of likely N-dealkylation sites (tertiary alicyclic amines) is 1. The van der Waals surface area contributed by atoms with Gasteiger partial charge in [-0.05, 0) is 57.3 Å². The molecule has 21 heavy (non-hydrogen) atoms. The molecule has 0 aliphatic carbocycles. The Bertz CT molecular complexity index is 436. The first kappa shape index (κ1) is 16.0. The summed E-state index contributed by atoms with van der Waals surface area (Å²) >= 11 is 0. The van der Waals surface area contributed by atoms with Crippen molar-refractivity contribution in [1.29, 1.82) is 0 Å². The standard InChI is InChI=1S/C16H27N3O2/c1-13-4-8-19(9-5-13)7-3-2-6-18-16(20)14-10-15(11-17)21-12-14/h10,12-13H,2-9,11,17H2,1H3,(H,18,20). The molecule has 1 aliphatic rings. The monoisotopic (exact) mass is 293 g/mol. The number of hydrogen-bond donors (Lipinski definition) is 2. The highest BCUT2D eigenvalue weighted by Crippen LogP contribution is 2.16. The average Bonchev–Trinajstić information content (AvgIpc) is 2.98. The third-order valence-electron chi connectivity index (χ3n) is 4.18. The maximum atomic E-state index is 11.9. The number of hydrogen-bond acceptors (Lipinski definition) is 4. The van der Waals surface area contributed by atoms with E-state index in [0.29, 0.717) is 24.4 Å². The van der Waals surface area contributed by atoms with Gasteiger partial charge in [0, 0.05) is 6.54 Å². The van der Waals surface area contributed by atoms with Gasteiger partial charge in [-0.3, -0.25) is 4.79 Å². The highest BCUT2D eigenvalue weighted by molar-refractivity contribution is 5.93. The van der Waals surface area contributed by atoms with Crippen LogP contribution in [0.15, 0.2) is 16.7 Å². The van der Waals surface area contributed by atoms with Gasteiger partial charge in [0.15, 0.2) is 0 Å². The third-order valence-corrected chi connectivity index (χ3v) is 4.18. The van der Waals surface area contributed by atoms with E-state index in [4.69, 9.17) is 10.2 Å². The number of carbonyl (C=O) groups excluding carboxylic acids is 1. The van der Waals surface area contributed by atoms with Crippen molar-refractivity contribution in [2.75, 3.05) is 26.2 Å². The molecule has 2 heterocycles. The van der Waals surface area contributed by atoms with E-state index in [1.807, 2.05) is 0 Å². The predicted molar refractivity (Wildman–Crippen MR) is 83.0 cm³/mol. The van der Waals surface area contributed by atoms with Gasteiger partial charge in [-0.25, -0.2) is 0 Å². The quantitative estimate of drug-likeness (QED) is 0.754. The van der Waals surface area contributed by atoms with Crippen molar-refractivity contribution in [3.05, 3.63) is 23.7 Å². The molecule has 1 aromatic rings. The van der Waals surface area contributed by atoms with Crippen LogP contribution in [0.5, 0.6) is 0 Å². The Hall–Kier alpha value is -1.33. The summed E-state index contributed by atoms with van der Waals surface area (Å²) in [5, 5.41) is 2.92. The second kappa shape index (κ2) is 8.20. The summed E-state index contributed by atoms with van der Waals surface area (Å²) < 4.78 is 5.16. The fourth-order valence-electron chi connectivity index (χ4n) is 2.66. The maximum Gasteiger partial charge on any atom is 0.254 e. The van der Waals surface area contributed by atoms with Gasteiger partial charge < -0.3 is 20.4 Å². The number of furan rings is 1. The number of nitrogens with one attached hydrogen (secondary N) is 1. The SMILES string of the molecule is CC1CCN(CCCCNC(=O)c2coc(CN)c2)CC1. The van der Waals surface area contributed by atoms with Crippen molar-refractivity contribution >= 4 is 5.91 Å². The molecule has 0 saturated carbocycles. The molecule has 2 rings (SSSR count). The first-order valence-corrected chi connectivity index (χ1v) is 7.97. The van der Waals surface area contributed by atoms with Crippen LogP contribution in [0.3, 0.4) is 0 Å². The van der Waals surface area contributed by atoms with E-state index in [0.717, 1.165) is 25.3 Å². The number of rotatable bonds is 7. The van der Waals surface area contributed by atoms with Gasteiger partial charge in [-0.1, -0.05) is 6.92 Å². The lowest BCUT2D eigenvalue weighted by molar-refractivity contribution is 0.0951. The molecule has 0 unspecified atom stereocenters. The smallest absolute Gasteiger partial charge is 0.254 e. The van der Waals surface area contributed by atoms with Gasteiger partial charge in [-0.2, -0.15) is 0 Å². The van der Waals surface area contributed by atoms with Gasteiger partial charge in [0.25, 0.3) is 5.91 Å². The molecule has 118 valence electrons. The van der Waals surface area contributed by atoms with Crippen LogP contribution in [0.2, 0.25) is 0 Å². The fourth-order valence-corrected chi connectivity index (χ4v) is 2.66. The molecule has 1 aromatic heterocycles. The second-order valence-electron chi connectivity index (χ2n) is 5.99. The van der Waals surface area contributed by atoms with Gasteiger partial charge in [0.1, 0.15) is 12.0 Å². The Labute approximate surface area is 126 Å². The molecule has 1 saturated heterocycles. The normalized spacial score (nSPS) is 17.0. The van der Waals surface area contributed by atoms with Gasteiger partial charge >= 0.3 is 0 Å². The van der Waals surface area contributed by atoms with E-state index < -0.39 is 0 Å². The molecule has 3 N–H and O–H groups in total. The van der Waals surface area contributed by atoms with Crippen LogP contribution in [-0.4, -0.2) is 37.0 Å². The van der Waals surface area contributed by atoms with E-state index in [2.05, 4.69) is 17.1 Å². The Morgan fingerprint density at radius 2 is 2.19 bits per heavy atom. The van der Waals surface area contributed by atoms with E-state index in [1.165, 1.54) is 32.2 Å². The summed E-state index contributed by atoms with van der Waals surface area (Å²) in [6.45, 7) is 6.97. The van der Waals surface area contributed by atoms with Crippen molar-refractivity contribution in [2.45, 2.75) is 39.2 Å². The number of piperidine rings is 1. The molecule has 0 atom stereocenters. The molecule has 0 bridgehead atoms. The Morgan fingerprint density at radius 1 is 1.43 bits per heavy atom. The van der Waals surface area contributed by atoms with Crippen molar-refractivity contribution < 1.29 is 9.21 Å². The lowest BCUT2D eigenvalue weighted by atomic mass is 9.99. The first-order valence-electron chi connectivity index (χ1n) is 7.97. The van der Waals surface area contributed by atoms with Gasteiger partial charge in [0.05, 0.1) is 12.1 Å². The minimum atomic E-state index is -0.0785. The Kier molecular flexibility index (Phi) is 6.26. The summed E-state index contributed by atoms with van der Waals surface area (Å²) in [6, 6.07) is 1.70. The third kappa shape index (κ3) is 5.17. The van der Waals surface area contributed by atoms with E-state index in [-0.39, 0.29) is 5.91 Å². The van der Waals surface area contributed by atoms with Crippen LogP contribution in [0.25, 0.3) is 0 Å². The van der Waals surface area contributed by atoms with E-state index in [9.17, 15) is 4.79 Å². The van der Waals surface area contributed by atoms with Crippen molar-refractivity contribution in [2.24, 2.45) is 11.7 Å². The zero-order valence-corrected chi connectivity index (χ0v) is 12.9. The molecular weight excluding hydrogens is 266 g/mol. The van der Waals surface area contributed by atoms with Crippen LogP contribution in [0.1, 0.15) is 48.7 Å². The molecule has 1 aliphatic heterocycles. The van der Waals surface area contributed by atoms with Crippen LogP contribution in [0, 0.1) is 5.92 Å². The Morgan fingerprint density at radius 3 is 2.86 bits per heavy atom. The zero-order chi connectivity index (χ0) is 15.1. The molecule has 1 fully saturated rings. The average molecular weight is 293 g/mol. The molecule has 0 radical (unpaired) electrons. The topological polar surface area (TPSA) is 71.5 Å². The van der Waals surface area contributed by atoms with Gasteiger partial charge in [0.2, 0.25) is 0 Å². The molecular formula is C16H27N3O2. The summed E-state index contributed by atoms with van der Waals surface area (Å²) in [6.07, 6.45) is 6.25. The number of amides is 1. The number of nitrogens with two attached hydrogens (primary N) is 1. The largest absolute Gasteiger partial charge is 0.467 e. The summed E-state index contributed by atoms with van der Waals surface area (Å²) in [7, 11) is 0. The van der Waals surface area contributed by atoms with E-state index >= 15 is 0 Å². The first-order chi connectivity index (χ1) is 10.2. The van der Waals surface area contributed by atoms with Crippen LogP contribution in [-0.2, 0) is 6.54 Å². The van der Waals surface area contributed by atoms with Crippen molar-refractivity contribution in [3.63, 3.8) is 0 Å². The summed E-state index contributed by atoms with van der Waals surface area (Å²) in [5.41, 5.74) is 6.01. The van der Waals surface area contributed by atoms with E-state index in [1.54, 1.807) is 6.07 Å². The minimum absolute atomic E-state index is 0.0785. The number of nitrogens with zero attached hydrogens (tertiary/aromatic N) is 1. The van der Waals surface area contributed by atoms with Crippen LogP contribution in [0.4, 0.5) is 0 Å². The van der Waals surface area contributed by atoms with Crippen molar-refractivity contribution in [3.8, 4) is 0 Å². The number of carbonyl (C=O) groups is 1. The molecule has 5 heteroatoms. The molecule has 5 nitrogen and oxygen atoms in total. The maximum absolute atomic E-state index is 11.9. The van der Waals surface area contributed by atoms with Crippen LogP contribution >= 0.6 is 0 Å². The van der Waals surface area contributed by atoms with Crippen LogP contribution < -0.4 is 11.1 Å². The minimum Gasteiger partial charge on any atom is -0.467 e. The Balaban J connectivity index is 1.56. The highest BCUT2D eigenvalue weighted by Gasteiger charge is 2.14. The molecule has 0 aromatic carbocycles. The van der Waals surface area contributed by atoms with Gasteiger partial charge in [-0.15, -0.1) is 0 Å². The van der Waals surface area contributed by atoms with Crippen molar-refractivity contribution in [1.82, 2.24) is 10.2 Å². The molecule has 1 amide bonds. The fraction of sp³-hybridized carbons (Fsp3) is 0.688. The molecule has 0 spiro atoms. The second-order valence-corrected chi connectivity index (χ2v) is 5.99. The highest BCUT2D eigenvalue weighted by atomic mass is 16.3. The predicted octanol–water partition coefficient (Wildman–Crippen LogP) is 1.98. The summed E-state index contributed by atoms with van der Waals surface area (Å²) in [5.74, 6) is 1.44. The number of unbranched alkanes of at least 4 members (excludes halogenated alkanes) is 1. The summed E-state index contributed by atoms with van der Waals surface area (Å²) in [4.78, 5) is 14.4. The zero-order valence-electron chi connectivity index (χ0n) is 12.9.